The molecule has 2 aromatic rings. The molecule has 142 valence electrons. The van der Waals surface area contributed by atoms with Gasteiger partial charge in [-0.25, -0.2) is 0 Å². The molecule has 0 unspecified atom stereocenters. The molecule has 28 heavy (non-hydrogen) atoms. The zero-order valence-electron chi connectivity index (χ0n) is 15.4. The van der Waals surface area contributed by atoms with Crippen LogP contribution in [0.25, 0.3) is 0 Å². The summed E-state index contributed by atoms with van der Waals surface area (Å²) in [6, 6.07) is 14.7. The van der Waals surface area contributed by atoms with Crippen LogP contribution in [0.1, 0.15) is 13.8 Å². The van der Waals surface area contributed by atoms with Crippen molar-refractivity contribution < 1.29 is 14.4 Å². The number of nitrogens with two attached hydrogens (primary N) is 1. The molecule has 0 saturated heterocycles. The summed E-state index contributed by atoms with van der Waals surface area (Å²) >= 11 is 0. The van der Waals surface area contributed by atoms with Crippen molar-refractivity contribution in [3.8, 4) is 6.07 Å². The summed E-state index contributed by atoms with van der Waals surface area (Å²) in [6.07, 6.45) is 1.16. The molecule has 0 aliphatic carbocycles. The molecule has 0 atom stereocenters. The topological polar surface area (TPSA) is 128 Å². The second-order valence-electron chi connectivity index (χ2n) is 5.85. The summed E-state index contributed by atoms with van der Waals surface area (Å²) < 4.78 is 0. The fraction of sp³-hybridized carbons (Fsp3) is 0.100. The maximum atomic E-state index is 12.4. The van der Waals surface area contributed by atoms with Gasteiger partial charge in [0, 0.05) is 37.1 Å². The molecular formula is C20H19N5O3. The first-order chi connectivity index (χ1) is 13.3. The lowest BCUT2D eigenvalue weighted by molar-refractivity contribution is -0.116. The minimum atomic E-state index is -0.676. The Morgan fingerprint density at radius 3 is 2.14 bits per heavy atom. The maximum absolute atomic E-state index is 12.4. The third-order valence-electron chi connectivity index (χ3n) is 3.57. The lowest BCUT2D eigenvalue weighted by atomic mass is 10.2. The number of nitrogens with one attached hydrogen (secondary N) is 2. The first-order valence-corrected chi connectivity index (χ1v) is 8.26. The van der Waals surface area contributed by atoms with Crippen molar-refractivity contribution in [2.75, 3.05) is 21.3 Å². The molecule has 0 aliphatic heterocycles. The van der Waals surface area contributed by atoms with Crippen LogP contribution in [0, 0.1) is 11.3 Å². The number of rotatable bonds is 5. The minimum Gasteiger partial charge on any atom is -0.399 e. The zero-order chi connectivity index (χ0) is 20.7. The van der Waals surface area contributed by atoms with E-state index in [1.807, 2.05) is 0 Å². The fourth-order valence-corrected chi connectivity index (χ4v) is 2.33. The number of carbonyl (C=O) groups is 3. The van der Waals surface area contributed by atoms with Gasteiger partial charge in [0.2, 0.25) is 11.8 Å². The summed E-state index contributed by atoms with van der Waals surface area (Å²) in [5.74, 6) is -1.27. The highest BCUT2D eigenvalue weighted by Crippen LogP contribution is 2.20. The van der Waals surface area contributed by atoms with Crippen LogP contribution < -0.4 is 21.3 Å². The molecule has 0 heterocycles. The van der Waals surface area contributed by atoms with Crippen LogP contribution >= 0.6 is 0 Å². The lowest BCUT2D eigenvalue weighted by Gasteiger charge is -2.17. The van der Waals surface area contributed by atoms with Gasteiger partial charge >= 0.3 is 0 Å². The number of nitrogen functional groups attached to an aromatic ring is 1. The highest BCUT2D eigenvalue weighted by Gasteiger charge is 2.15. The number of amides is 3. The number of nitriles is 1. The lowest BCUT2D eigenvalue weighted by Crippen LogP contribution is -2.25. The van der Waals surface area contributed by atoms with Gasteiger partial charge in [-0.1, -0.05) is 6.07 Å². The zero-order valence-corrected chi connectivity index (χ0v) is 15.4. The molecule has 3 amide bonds. The average Bonchev–Trinajstić information content (AvgIpc) is 2.63. The van der Waals surface area contributed by atoms with E-state index in [-0.39, 0.29) is 17.4 Å². The molecule has 2 rings (SSSR count). The standard InChI is InChI=1S/C20H19N5O3/c1-13(26)23-17-6-8-18(9-7-17)24-20(28)15(11-21)12-25(14(2)27)19-5-3-4-16(22)10-19/h3-10,12H,22H2,1-2H3,(H,23,26)(H,24,28)/b15-12-. The van der Waals surface area contributed by atoms with Gasteiger partial charge in [0.1, 0.15) is 11.6 Å². The van der Waals surface area contributed by atoms with E-state index in [1.165, 1.54) is 18.7 Å². The highest BCUT2D eigenvalue weighted by molar-refractivity contribution is 6.08. The van der Waals surface area contributed by atoms with Crippen molar-refractivity contribution in [2.24, 2.45) is 0 Å². The molecule has 0 fully saturated rings. The first kappa shape index (κ1) is 20.2. The Labute approximate surface area is 162 Å². The second-order valence-corrected chi connectivity index (χ2v) is 5.85. The summed E-state index contributed by atoms with van der Waals surface area (Å²) in [7, 11) is 0. The predicted molar refractivity (Wildman–Crippen MR) is 107 cm³/mol. The molecule has 2 aromatic carbocycles. The first-order valence-electron chi connectivity index (χ1n) is 8.26. The number of nitrogens with zero attached hydrogens (tertiary/aromatic N) is 2. The van der Waals surface area contributed by atoms with Crippen LogP contribution in [0.4, 0.5) is 22.7 Å². The average molecular weight is 377 g/mol. The highest BCUT2D eigenvalue weighted by atomic mass is 16.2. The van der Waals surface area contributed by atoms with Crippen molar-refractivity contribution >= 4 is 40.5 Å². The van der Waals surface area contributed by atoms with Gasteiger partial charge < -0.3 is 16.4 Å². The Balaban J connectivity index is 2.22. The molecule has 0 aromatic heterocycles. The van der Waals surface area contributed by atoms with Gasteiger partial charge in [-0.2, -0.15) is 5.26 Å². The Morgan fingerprint density at radius 2 is 1.64 bits per heavy atom. The summed E-state index contributed by atoms with van der Waals surface area (Å²) in [5, 5.41) is 14.5. The third-order valence-corrected chi connectivity index (χ3v) is 3.57. The Kier molecular flexibility index (Phi) is 6.49. The molecule has 4 N–H and O–H groups in total. The summed E-state index contributed by atoms with van der Waals surface area (Å²) in [5.41, 5.74) is 7.36. The van der Waals surface area contributed by atoms with E-state index in [1.54, 1.807) is 54.6 Å². The van der Waals surface area contributed by atoms with Gasteiger partial charge in [0.15, 0.2) is 0 Å². The van der Waals surface area contributed by atoms with Crippen LogP contribution in [0.15, 0.2) is 60.3 Å². The maximum Gasteiger partial charge on any atom is 0.267 e. The van der Waals surface area contributed by atoms with E-state index in [4.69, 9.17) is 5.73 Å². The Bertz CT molecular complexity index is 974. The number of anilines is 4. The molecule has 0 spiro atoms. The van der Waals surface area contributed by atoms with Crippen LogP contribution in [0.5, 0.6) is 0 Å². The van der Waals surface area contributed by atoms with Crippen molar-refractivity contribution in [3.05, 3.63) is 60.3 Å². The Hall–Kier alpha value is -4.12. The fourth-order valence-electron chi connectivity index (χ4n) is 2.33. The van der Waals surface area contributed by atoms with E-state index < -0.39 is 5.91 Å². The third kappa shape index (κ3) is 5.44. The number of hydrogen-bond acceptors (Lipinski definition) is 5. The number of hydrogen-bond donors (Lipinski definition) is 3. The summed E-state index contributed by atoms with van der Waals surface area (Å²) in [4.78, 5) is 36.6. The van der Waals surface area contributed by atoms with Crippen LogP contribution in [0.3, 0.4) is 0 Å². The van der Waals surface area contributed by atoms with Crippen LogP contribution in [-0.2, 0) is 14.4 Å². The van der Waals surface area contributed by atoms with Crippen molar-refractivity contribution in [2.45, 2.75) is 13.8 Å². The van der Waals surface area contributed by atoms with Crippen LogP contribution in [0.2, 0.25) is 0 Å². The monoisotopic (exact) mass is 377 g/mol. The SMILES string of the molecule is CC(=O)Nc1ccc(NC(=O)/C(C#N)=C\N(C(C)=O)c2cccc(N)c2)cc1. The van der Waals surface area contributed by atoms with E-state index in [9.17, 15) is 19.6 Å². The smallest absolute Gasteiger partial charge is 0.267 e. The molecule has 0 bridgehead atoms. The number of carbonyl (C=O) groups excluding carboxylic acids is 3. The predicted octanol–water partition coefficient (Wildman–Crippen LogP) is 2.63. The normalized spacial score (nSPS) is 10.5. The van der Waals surface area contributed by atoms with E-state index in [0.29, 0.717) is 22.7 Å². The van der Waals surface area contributed by atoms with Gasteiger partial charge in [-0.15, -0.1) is 0 Å². The Morgan fingerprint density at radius 1 is 1.04 bits per heavy atom. The molecule has 0 saturated carbocycles. The second kappa shape index (κ2) is 9.00. The van der Waals surface area contributed by atoms with Crippen molar-refractivity contribution in [3.63, 3.8) is 0 Å². The number of benzene rings is 2. The largest absolute Gasteiger partial charge is 0.399 e. The molecule has 0 radical (unpaired) electrons. The van der Waals surface area contributed by atoms with Gasteiger partial charge in [0.25, 0.3) is 5.91 Å². The van der Waals surface area contributed by atoms with Crippen LogP contribution in [-0.4, -0.2) is 17.7 Å². The van der Waals surface area contributed by atoms with Crippen molar-refractivity contribution in [1.82, 2.24) is 0 Å². The molecular weight excluding hydrogens is 358 g/mol. The minimum absolute atomic E-state index is 0.211. The van der Waals surface area contributed by atoms with Gasteiger partial charge in [0.05, 0.1) is 5.69 Å². The van der Waals surface area contributed by atoms with E-state index in [2.05, 4.69) is 10.6 Å². The van der Waals surface area contributed by atoms with Gasteiger partial charge in [-0.3, -0.25) is 19.3 Å². The quantitative estimate of drug-likeness (QED) is 0.419. The van der Waals surface area contributed by atoms with E-state index in [0.717, 1.165) is 6.20 Å². The molecule has 0 aliphatic rings. The summed E-state index contributed by atoms with van der Waals surface area (Å²) in [6.45, 7) is 2.70. The molecule has 8 heteroatoms. The van der Waals surface area contributed by atoms with Gasteiger partial charge in [-0.05, 0) is 42.5 Å². The molecule has 8 nitrogen and oxygen atoms in total. The van der Waals surface area contributed by atoms with E-state index >= 15 is 0 Å². The van der Waals surface area contributed by atoms with Crippen molar-refractivity contribution in [1.29, 1.82) is 5.26 Å².